The first kappa shape index (κ1) is 18.6. The minimum Gasteiger partial charge on any atom is -0.347 e. The number of hydrogen-bond donors (Lipinski definition) is 1. The van der Waals surface area contributed by atoms with E-state index in [0.717, 1.165) is 11.3 Å². The fraction of sp³-hybridized carbons (Fsp3) is 0.286. The van der Waals surface area contributed by atoms with E-state index in [1.54, 1.807) is 16.8 Å². The summed E-state index contributed by atoms with van der Waals surface area (Å²) in [6.07, 6.45) is 0.161. The van der Waals surface area contributed by atoms with Gasteiger partial charge in [-0.25, -0.2) is 0 Å². The molecule has 1 heterocycles. The van der Waals surface area contributed by atoms with Gasteiger partial charge >= 0.3 is 0 Å². The Bertz CT molecular complexity index is 808. The van der Waals surface area contributed by atoms with E-state index in [4.69, 9.17) is 0 Å². The molecule has 2 aromatic carbocycles. The fourth-order valence-corrected chi connectivity index (χ4v) is 3.13. The highest BCUT2D eigenvalue weighted by Crippen LogP contribution is 2.24. The number of carbonyl (C=O) groups excluding carboxylic acids is 3. The maximum absolute atomic E-state index is 12.4. The molecule has 2 aromatic rings. The van der Waals surface area contributed by atoms with Crippen LogP contribution in [0.3, 0.4) is 0 Å². The molecule has 27 heavy (non-hydrogen) atoms. The number of nitrogens with zero attached hydrogens (tertiary/aromatic N) is 2. The molecular formula is C21H23N3O3. The molecule has 1 fully saturated rings. The third-order valence-electron chi connectivity index (χ3n) is 4.67. The first-order chi connectivity index (χ1) is 13.0. The van der Waals surface area contributed by atoms with Gasteiger partial charge in [0.15, 0.2) is 0 Å². The number of rotatable bonds is 6. The number of likely N-dealkylation sites (N-methyl/N-ethyl adjacent to an activating group) is 1. The van der Waals surface area contributed by atoms with Crippen molar-refractivity contribution in [3.05, 3.63) is 66.2 Å². The molecule has 0 unspecified atom stereocenters. The minimum atomic E-state index is -0.440. The molecule has 3 amide bonds. The van der Waals surface area contributed by atoms with E-state index < -0.39 is 5.92 Å². The highest BCUT2D eigenvalue weighted by Gasteiger charge is 2.35. The van der Waals surface area contributed by atoms with E-state index in [2.05, 4.69) is 5.32 Å². The number of amides is 3. The SMILES string of the molecule is CN(Cc1ccccc1)C(=O)CNC(=O)[C@H]1CC(=O)N(c2ccccc2)C1. The quantitative estimate of drug-likeness (QED) is 0.849. The van der Waals surface area contributed by atoms with E-state index in [0.29, 0.717) is 13.1 Å². The zero-order chi connectivity index (χ0) is 19.2. The zero-order valence-electron chi connectivity index (χ0n) is 15.3. The Morgan fingerprint density at radius 1 is 1.07 bits per heavy atom. The Labute approximate surface area is 158 Å². The van der Waals surface area contributed by atoms with Crippen LogP contribution in [0, 0.1) is 5.92 Å². The molecular weight excluding hydrogens is 342 g/mol. The summed E-state index contributed by atoms with van der Waals surface area (Å²) < 4.78 is 0. The fourth-order valence-electron chi connectivity index (χ4n) is 3.13. The summed E-state index contributed by atoms with van der Waals surface area (Å²) in [7, 11) is 1.71. The first-order valence-corrected chi connectivity index (χ1v) is 8.95. The summed E-state index contributed by atoms with van der Waals surface area (Å²) in [5.74, 6) is -0.946. The maximum atomic E-state index is 12.4. The predicted octanol–water partition coefficient (Wildman–Crippen LogP) is 1.81. The van der Waals surface area contributed by atoms with Crippen molar-refractivity contribution in [3.8, 4) is 0 Å². The zero-order valence-corrected chi connectivity index (χ0v) is 15.3. The van der Waals surface area contributed by atoms with Gasteiger partial charge in [0.05, 0.1) is 12.5 Å². The van der Waals surface area contributed by atoms with Crippen molar-refractivity contribution in [2.24, 2.45) is 5.92 Å². The Balaban J connectivity index is 1.49. The van der Waals surface area contributed by atoms with Gasteiger partial charge in [0.1, 0.15) is 0 Å². The number of nitrogens with one attached hydrogen (secondary N) is 1. The third kappa shape index (κ3) is 4.73. The molecule has 0 radical (unpaired) electrons. The molecule has 0 aromatic heterocycles. The molecule has 3 rings (SSSR count). The van der Waals surface area contributed by atoms with Gasteiger partial charge in [-0.15, -0.1) is 0 Å². The van der Waals surface area contributed by atoms with Crippen molar-refractivity contribution >= 4 is 23.4 Å². The van der Waals surface area contributed by atoms with Crippen LogP contribution in [0.5, 0.6) is 0 Å². The summed E-state index contributed by atoms with van der Waals surface area (Å²) in [4.78, 5) is 40.0. The van der Waals surface area contributed by atoms with Gasteiger partial charge in [0, 0.05) is 32.2 Å². The second-order valence-corrected chi connectivity index (χ2v) is 6.69. The number of para-hydroxylation sites is 1. The number of hydrogen-bond acceptors (Lipinski definition) is 3. The van der Waals surface area contributed by atoms with Gasteiger partial charge in [-0.2, -0.15) is 0 Å². The van der Waals surface area contributed by atoms with Crippen molar-refractivity contribution < 1.29 is 14.4 Å². The topological polar surface area (TPSA) is 69.7 Å². The average Bonchev–Trinajstić information content (AvgIpc) is 3.09. The molecule has 0 bridgehead atoms. The van der Waals surface area contributed by atoms with Gasteiger partial charge in [0.2, 0.25) is 17.7 Å². The van der Waals surface area contributed by atoms with Crippen LogP contribution in [0.4, 0.5) is 5.69 Å². The monoisotopic (exact) mass is 365 g/mol. The number of anilines is 1. The normalized spacial score (nSPS) is 16.3. The molecule has 0 spiro atoms. The molecule has 6 heteroatoms. The molecule has 1 aliphatic heterocycles. The molecule has 1 atom stereocenters. The lowest BCUT2D eigenvalue weighted by Gasteiger charge is -2.19. The molecule has 1 N–H and O–H groups in total. The summed E-state index contributed by atoms with van der Waals surface area (Å²) >= 11 is 0. The summed E-state index contributed by atoms with van der Waals surface area (Å²) in [6.45, 7) is 0.750. The Kier molecular flexibility index (Phi) is 5.86. The van der Waals surface area contributed by atoms with Crippen LogP contribution >= 0.6 is 0 Å². The van der Waals surface area contributed by atoms with Crippen molar-refractivity contribution in [3.63, 3.8) is 0 Å². The Morgan fingerprint density at radius 2 is 1.70 bits per heavy atom. The van der Waals surface area contributed by atoms with Crippen molar-refractivity contribution in [2.45, 2.75) is 13.0 Å². The van der Waals surface area contributed by atoms with E-state index >= 15 is 0 Å². The Hall–Kier alpha value is -3.15. The lowest BCUT2D eigenvalue weighted by atomic mass is 10.1. The van der Waals surface area contributed by atoms with Crippen LogP contribution in [0.1, 0.15) is 12.0 Å². The van der Waals surface area contributed by atoms with Crippen LogP contribution in [-0.2, 0) is 20.9 Å². The van der Waals surface area contributed by atoms with E-state index in [1.807, 2.05) is 60.7 Å². The number of benzene rings is 2. The first-order valence-electron chi connectivity index (χ1n) is 8.95. The second kappa shape index (κ2) is 8.49. The van der Waals surface area contributed by atoms with Crippen LogP contribution in [0.2, 0.25) is 0 Å². The second-order valence-electron chi connectivity index (χ2n) is 6.69. The summed E-state index contributed by atoms with van der Waals surface area (Å²) in [5, 5.41) is 2.67. The Morgan fingerprint density at radius 3 is 2.37 bits per heavy atom. The molecule has 6 nitrogen and oxygen atoms in total. The van der Waals surface area contributed by atoms with E-state index in [-0.39, 0.29) is 30.7 Å². The number of carbonyl (C=O) groups is 3. The van der Waals surface area contributed by atoms with Gasteiger partial charge in [-0.05, 0) is 17.7 Å². The third-order valence-corrected chi connectivity index (χ3v) is 4.67. The molecule has 1 aliphatic rings. The van der Waals surface area contributed by atoms with Crippen LogP contribution < -0.4 is 10.2 Å². The highest BCUT2D eigenvalue weighted by atomic mass is 16.2. The molecule has 1 saturated heterocycles. The largest absolute Gasteiger partial charge is 0.347 e. The van der Waals surface area contributed by atoms with Crippen molar-refractivity contribution in [2.75, 3.05) is 25.0 Å². The molecule has 0 saturated carbocycles. The van der Waals surface area contributed by atoms with E-state index in [9.17, 15) is 14.4 Å². The van der Waals surface area contributed by atoms with Gasteiger partial charge in [-0.1, -0.05) is 48.5 Å². The lowest BCUT2D eigenvalue weighted by Crippen LogP contribution is -2.40. The standard InChI is InChI=1S/C21H23N3O3/c1-23(14-16-8-4-2-5-9-16)20(26)13-22-21(27)17-12-19(25)24(15-17)18-10-6-3-7-11-18/h2-11,17H,12-15H2,1H3,(H,22,27)/t17-/m0/s1. The van der Waals surface area contributed by atoms with E-state index in [1.165, 1.54) is 0 Å². The lowest BCUT2D eigenvalue weighted by molar-refractivity contribution is -0.133. The smallest absolute Gasteiger partial charge is 0.242 e. The van der Waals surface area contributed by atoms with Gasteiger partial charge in [-0.3, -0.25) is 14.4 Å². The molecule has 140 valence electrons. The summed E-state index contributed by atoms with van der Waals surface area (Å²) in [6, 6.07) is 19.0. The van der Waals surface area contributed by atoms with Gasteiger partial charge in [0.25, 0.3) is 0 Å². The molecule has 0 aliphatic carbocycles. The average molecular weight is 365 g/mol. The van der Waals surface area contributed by atoms with Crippen LogP contribution in [0.15, 0.2) is 60.7 Å². The van der Waals surface area contributed by atoms with Crippen molar-refractivity contribution in [1.82, 2.24) is 10.2 Å². The predicted molar refractivity (Wildman–Crippen MR) is 103 cm³/mol. The van der Waals surface area contributed by atoms with Crippen LogP contribution in [0.25, 0.3) is 0 Å². The van der Waals surface area contributed by atoms with Gasteiger partial charge < -0.3 is 15.1 Å². The summed E-state index contributed by atoms with van der Waals surface area (Å²) in [5.41, 5.74) is 1.82. The van der Waals surface area contributed by atoms with Crippen LogP contribution in [-0.4, -0.2) is 42.8 Å². The maximum Gasteiger partial charge on any atom is 0.242 e. The van der Waals surface area contributed by atoms with Crippen molar-refractivity contribution in [1.29, 1.82) is 0 Å². The minimum absolute atomic E-state index is 0.0712. The highest BCUT2D eigenvalue weighted by molar-refractivity contribution is 6.00.